The number of nitrogens with zero attached hydrogens (tertiary/aromatic N) is 2. The summed E-state index contributed by atoms with van der Waals surface area (Å²) < 4.78 is 0. The van der Waals surface area contributed by atoms with E-state index in [9.17, 15) is 0 Å². The van der Waals surface area contributed by atoms with Gasteiger partial charge in [-0.25, -0.2) is 0 Å². The lowest BCUT2D eigenvalue weighted by molar-refractivity contribution is 0.402. The molecule has 2 heterocycles. The molecular formula is C16H25N3. The van der Waals surface area contributed by atoms with E-state index in [0.717, 1.165) is 18.0 Å². The van der Waals surface area contributed by atoms with Gasteiger partial charge < -0.3 is 10.2 Å². The van der Waals surface area contributed by atoms with Crippen molar-refractivity contribution in [1.82, 2.24) is 10.3 Å². The molecule has 0 spiro atoms. The minimum atomic E-state index is 0.741. The Morgan fingerprint density at radius 2 is 2.00 bits per heavy atom. The molecule has 0 aromatic carbocycles. The number of pyridine rings is 1. The van der Waals surface area contributed by atoms with Crippen molar-refractivity contribution in [3.05, 3.63) is 24.5 Å². The van der Waals surface area contributed by atoms with E-state index in [1.54, 1.807) is 0 Å². The fraction of sp³-hybridized carbons (Fsp3) is 0.688. The van der Waals surface area contributed by atoms with Crippen LogP contribution < -0.4 is 10.2 Å². The summed E-state index contributed by atoms with van der Waals surface area (Å²) in [5.41, 5.74) is 1.32. The van der Waals surface area contributed by atoms with Crippen LogP contribution in [0.15, 0.2) is 24.5 Å². The Labute approximate surface area is 116 Å². The molecule has 1 saturated heterocycles. The Morgan fingerprint density at radius 1 is 1.26 bits per heavy atom. The second-order valence-corrected chi connectivity index (χ2v) is 6.02. The molecule has 104 valence electrons. The molecule has 2 fully saturated rings. The summed E-state index contributed by atoms with van der Waals surface area (Å²) in [6, 6.07) is 5.81. The fourth-order valence-corrected chi connectivity index (χ4v) is 3.30. The van der Waals surface area contributed by atoms with Crippen molar-refractivity contribution < 1.29 is 0 Å². The van der Waals surface area contributed by atoms with Crippen LogP contribution in [0.3, 0.4) is 0 Å². The van der Waals surface area contributed by atoms with Crippen molar-refractivity contribution in [2.75, 3.05) is 18.0 Å². The predicted octanol–water partition coefficient (Wildman–Crippen LogP) is 2.83. The Hall–Kier alpha value is -1.09. The van der Waals surface area contributed by atoms with Gasteiger partial charge in [-0.05, 0) is 43.7 Å². The number of hydrogen-bond acceptors (Lipinski definition) is 3. The molecule has 3 heteroatoms. The van der Waals surface area contributed by atoms with Crippen LogP contribution >= 0.6 is 0 Å². The third kappa shape index (κ3) is 3.27. The van der Waals surface area contributed by atoms with Gasteiger partial charge in [0.1, 0.15) is 0 Å². The van der Waals surface area contributed by atoms with Gasteiger partial charge in [-0.1, -0.05) is 13.3 Å². The zero-order valence-corrected chi connectivity index (χ0v) is 11.9. The minimum absolute atomic E-state index is 0.741. The van der Waals surface area contributed by atoms with Crippen LogP contribution in [-0.2, 0) is 0 Å². The van der Waals surface area contributed by atoms with Gasteiger partial charge >= 0.3 is 0 Å². The number of aromatic nitrogens is 1. The number of nitrogens with one attached hydrogen (secondary N) is 1. The fourth-order valence-electron chi connectivity index (χ4n) is 3.30. The molecule has 1 N–H and O–H groups in total. The Balaban J connectivity index is 1.43. The highest BCUT2D eigenvalue weighted by Crippen LogP contribution is 2.35. The van der Waals surface area contributed by atoms with Crippen LogP contribution in [-0.4, -0.2) is 30.2 Å². The lowest BCUT2D eigenvalue weighted by atomic mass is 10.0. The standard InChI is InChI=1S/C16H25N3/c1-2-3-13-12-16(13)18-14-6-10-19(11-7-14)15-4-8-17-9-5-15/h4-5,8-9,13-14,16,18H,2-3,6-7,10-12H2,1H3. The van der Waals surface area contributed by atoms with Crippen LogP contribution in [0.25, 0.3) is 0 Å². The van der Waals surface area contributed by atoms with Crippen LogP contribution in [0.2, 0.25) is 0 Å². The van der Waals surface area contributed by atoms with Crippen LogP contribution in [0.1, 0.15) is 39.0 Å². The normalized spacial score (nSPS) is 27.5. The number of anilines is 1. The van der Waals surface area contributed by atoms with Gasteiger partial charge in [-0.15, -0.1) is 0 Å². The molecule has 1 aromatic heterocycles. The number of piperidine rings is 1. The maximum Gasteiger partial charge on any atom is 0.0397 e. The van der Waals surface area contributed by atoms with E-state index < -0.39 is 0 Å². The van der Waals surface area contributed by atoms with Gasteiger partial charge in [0.2, 0.25) is 0 Å². The highest BCUT2D eigenvalue weighted by atomic mass is 15.2. The van der Waals surface area contributed by atoms with Crippen molar-refractivity contribution in [1.29, 1.82) is 0 Å². The zero-order chi connectivity index (χ0) is 13.1. The van der Waals surface area contributed by atoms with Crippen molar-refractivity contribution in [2.45, 2.75) is 51.1 Å². The summed E-state index contributed by atoms with van der Waals surface area (Å²) in [5.74, 6) is 0.975. The van der Waals surface area contributed by atoms with E-state index in [-0.39, 0.29) is 0 Å². The third-order valence-electron chi connectivity index (χ3n) is 4.55. The second kappa shape index (κ2) is 5.91. The molecule has 3 nitrogen and oxygen atoms in total. The Kier molecular flexibility index (Phi) is 4.02. The van der Waals surface area contributed by atoms with Crippen molar-refractivity contribution in [3.8, 4) is 0 Å². The topological polar surface area (TPSA) is 28.2 Å². The maximum absolute atomic E-state index is 4.09. The van der Waals surface area contributed by atoms with Crippen LogP contribution in [0, 0.1) is 5.92 Å². The molecule has 1 aliphatic carbocycles. The molecule has 2 atom stereocenters. The lowest BCUT2D eigenvalue weighted by Crippen LogP contribution is -2.43. The smallest absolute Gasteiger partial charge is 0.0397 e. The van der Waals surface area contributed by atoms with E-state index >= 15 is 0 Å². The monoisotopic (exact) mass is 259 g/mol. The van der Waals surface area contributed by atoms with E-state index in [4.69, 9.17) is 0 Å². The minimum Gasteiger partial charge on any atom is -0.371 e. The summed E-state index contributed by atoms with van der Waals surface area (Å²) >= 11 is 0. The zero-order valence-electron chi connectivity index (χ0n) is 11.9. The van der Waals surface area contributed by atoms with Crippen molar-refractivity contribution in [2.24, 2.45) is 5.92 Å². The van der Waals surface area contributed by atoms with Gasteiger partial charge in [0.25, 0.3) is 0 Å². The Bertz CT molecular complexity index is 384. The summed E-state index contributed by atoms with van der Waals surface area (Å²) in [5, 5.41) is 3.86. The van der Waals surface area contributed by atoms with Gasteiger partial charge in [0, 0.05) is 43.3 Å². The molecule has 19 heavy (non-hydrogen) atoms. The molecule has 0 amide bonds. The second-order valence-electron chi connectivity index (χ2n) is 6.02. The van der Waals surface area contributed by atoms with Gasteiger partial charge in [-0.3, -0.25) is 4.98 Å². The first-order chi connectivity index (χ1) is 9.36. The van der Waals surface area contributed by atoms with Crippen LogP contribution in [0.4, 0.5) is 5.69 Å². The first-order valence-electron chi connectivity index (χ1n) is 7.78. The van der Waals surface area contributed by atoms with Crippen molar-refractivity contribution in [3.63, 3.8) is 0 Å². The highest BCUT2D eigenvalue weighted by molar-refractivity contribution is 5.44. The first kappa shape index (κ1) is 12.9. The average Bonchev–Trinajstić information content (AvgIpc) is 3.19. The van der Waals surface area contributed by atoms with Crippen LogP contribution in [0.5, 0.6) is 0 Å². The summed E-state index contributed by atoms with van der Waals surface area (Å²) in [6.07, 6.45) is 10.5. The maximum atomic E-state index is 4.09. The van der Waals surface area contributed by atoms with E-state index in [2.05, 4.69) is 34.3 Å². The van der Waals surface area contributed by atoms with Gasteiger partial charge in [0.15, 0.2) is 0 Å². The van der Waals surface area contributed by atoms with Gasteiger partial charge in [-0.2, -0.15) is 0 Å². The SMILES string of the molecule is CCCC1CC1NC1CCN(c2ccncc2)CC1. The molecule has 2 aliphatic rings. The largest absolute Gasteiger partial charge is 0.371 e. The van der Waals surface area contributed by atoms with E-state index in [1.165, 1.54) is 50.9 Å². The molecule has 0 bridgehead atoms. The van der Waals surface area contributed by atoms with E-state index in [0.29, 0.717) is 0 Å². The molecular weight excluding hydrogens is 234 g/mol. The average molecular weight is 259 g/mol. The third-order valence-corrected chi connectivity index (χ3v) is 4.55. The Morgan fingerprint density at radius 3 is 2.68 bits per heavy atom. The van der Waals surface area contributed by atoms with E-state index in [1.807, 2.05) is 12.4 Å². The quantitative estimate of drug-likeness (QED) is 0.881. The number of hydrogen-bond donors (Lipinski definition) is 1. The molecule has 1 aliphatic heterocycles. The predicted molar refractivity (Wildman–Crippen MR) is 79.4 cm³/mol. The summed E-state index contributed by atoms with van der Waals surface area (Å²) in [6.45, 7) is 4.64. The first-order valence-corrected chi connectivity index (χ1v) is 7.78. The molecule has 3 rings (SSSR count). The van der Waals surface area contributed by atoms with Crippen molar-refractivity contribution >= 4 is 5.69 Å². The highest BCUT2D eigenvalue weighted by Gasteiger charge is 2.37. The molecule has 1 aromatic rings. The molecule has 2 unspecified atom stereocenters. The summed E-state index contributed by atoms with van der Waals surface area (Å²) in [4.78, 5) is 6.57. The lowest BCUT2D eigenvalue weighted by Gasteiger charge is -2.34. The number of rotatable bonds is 5. The van der Waals surface area contributed by atoms with Gasteiger partial charge in [0.05, 0.1) is 0 Å². The molecule has 0 radical (unpaired) electrons. The molecule has 1 saturated carbocycles. The summed E-state index contributed by atoms with van der Waals surface area (Å²) in [7, 11) is 0.